The molecule has 0 aromatic heterocycles. The van der Waals surface area contributed by atoms with Crippen LogP contribution >= 0.6 is 15.9 Å². The van der Waals surface area contributed by atoms with Gasteiger partial charge in [-0.3, -0.25) is 0 Å². The summed E-state index contributed by atoms with van der Waals surface area (Å²) in [5.74, 6) is 0.786. The van der Waals surface area contributed by atoms with Crippen LogP contribution in [0.25, 0.3) is 0 Å². The number of ether oxygens (including phenoxy) is 1. The number of rotatable bonds is 0. The molecule has 0 spiro atoms. The van der Waals surface area contributed by atoms with Crippen LogP contribution in [0, 0.1) is 6.92 Å². The Balaban J connectivity index is 2.60. The Morgan fingerprint density at radius 3 is 3.00 bits per heavy atom. The smallest absolute Gasteiger partial charge is 0.134 e. The molecule has 0 fully saturated rings. The van der Waals surface area contributed by atoms with E-state index in [1.54, 1.807) is 0 Å². The SMILES string of the molecule is Cc1cc2c(cc1Br)/C(=N/O)CO2. The molecule has 0 unspecified atom stereocenters. The third-order valence-corrected chi connectivity index (χ3v) is 2.91. The lowest BCUT2D eigenvalue weighted by Gasteiger charge is -2.01. The van der Waals surface area contributed by atoms with Crippen LogP contribution in [-0.4, -0.2) is 17.5 Å². The van der Waals surface area contributed by atoms with Gasteiger partial charge in [0.25, 0.3) is 0 Å². The number of aryl methyl sites for hydroxylation is 1. The minimum Gasteiger partial charge on any atom is -0.486 e. The maximum Gasteiger partial charge on any atom is 0.134 e. The van der Waals surface area contributed by atoms with Crippen molar-refractivity contribution in [2.75, 3.05) is 6.61 Å². The van der Waals surface area contributed by atoms with E-state index in [2.05, 4.69) is 21.1 Å². The van der Waals surface area contributed by atoms with Crippen LogP contribution < -0.4 is 4.74 Å². The fourth-order valence-corrected chi connectivity index (χ4v) is 1.65. The average molecular weight is 242 g/mol. The van der Waals surface area contributed by atoms with Crippen LogP contribution in [0.2, 0.25) is 0 Å². The van der Waals surface area contributed by atoms with Gasteiger partial charge in [0, 0.05) is 10.0 Å². The van der Waals surface area contributed by atoms with Crippen LogP contribution in [0.5, 0.6) is 5.75 Å². The van der Waals surface area contributed by atoms with E-state index in [1.807, 2.05) is 19.1 Å². The molecule has 4 heteroatoms. The van der Waals surface area contributed by atoms with Crippen molar-refractivity contribution in [3.05, 3.63) is 27.7 Å². The van der Waals surface area contributed by atoms with E-state index in [0.29, 0.717) is 12.3 Å². The lowest BCUT2D eigenvalue weighted by Crippen LogP contribution is -2.01. The molecule has 3 nitrogen and oxygen atoms in total. The highest BCUT2D eigenvalue weighted by atomic mass is 79.9. The van der Waals surface area contributed by atoms with Gasteiger partial charge in [0.1, 0.15) is 18.1 Å². The first kappa shape index (κ1) is 8.56. The van der Waals surface area contributed by atoms with E-state index in [-0.39, 0.29) is 0 Å². The molecular weight excluding hydrogens is 234 g/mol. The molecule has 1 heterocycles. The Kier molecular flexibility index (Phi) is 2.00. The molecule has 1 aromatic carbocycles. The molecule has 0 aliphatic carbocycles. The lowest BCUT2D eigenvalue weighted by molar-refractivity contribution is 0.313. The van der Waals surface area contributed by atoms with Crippen molar-refractivity contribution < 1.29 is 9.94 Å². The number of hydrogen-bond donors (Lipinski definition) is 1. The maximum atomic E-state index is 8.67. The first-order chi connectivity index (χ1) is 6.22. The summed E-state index contributed by atoms with van der Waals surface area (Å²) in [6.07, 6.45) is 0. The highest BCUT2D eigenvalue weighted by Crippen LogP contribution is 2.31. The van der Waals surface area contributed by atoms with E-state index in [0.717, 1.165) is 21.3 Å². The van der Waals surface area contributed by atoms with Gasteiger partial charge in [0.05, 0.1) is 0 Å². The minimum absolute atomic E-state index is 0.349. The standard InChI is InChI=1S/C9H8BrNO2/c1-5-2-9-6(3-7(5)10)8(11-12)4-13-9/h2-3,12H,4H2,1H3/b11-8+. The van der Waals surface area contributed by atoms with Crippen LogP contribution in [0.1, 0.15) is 11.1 Å². The van der Waals surface area contributed by atoms with E-state index < -0.39 is 0 Å². The predicted octanol–water partition coefficient (Wildman–Crippen LogP) is 2.33. The highest BCUT2D eigenvalue weighted by Gasteiger charge is 2.20. The lowest BCUT2D eigenvalue weighted by atomic mass is 10.1. The van der Waals surface area contributed by atoms with Gasteiger partial charge >= 0.3 is 0 Å². The van der Waals surface area contributed by atoms with Crippen LogP contribution in [-0.2, 0) is 0 Å². The zero-order chi connectivity index (χ0) is 9.42. The molecule has 1 aliphatic rings. The van der Waals surface area contributed by atoms with E-state index in [9.17, 15) is 0 Å². The number of hydrogen-bond acceptors (Lipinski definition) is 3. The monoisotopic (exact) mass is 241 g/mol. The molecule has 1 aliphatic heterocycles. The number of nitrogens with zero attached hydrogens (tertiary/aromatic N) is 1. The van der Waals surface area contributed by atoms with Crippen LogP contribution in [0.4, 0.5) is 0 Å². The maximum absolute atomic E-state index is 8.67. The Morgan fingerprint density at radius 2 is 2.31 bits per heavy atom. The van der Waals surface area contributed by atoms with Gasteiger partial charge in [-0.1, -0.05) is 21.1 Å². The van der Waals surface area contributed by atoms with Gasteiger partial charge in [0.2, 0.25) is 0 Å². The molecule has 13 heavy (non-hydrogen) atoms. The Labute approximate surface area is 84.1 Å². The van der Waals surface area contributed by atoms with Crippen molar-refractivity contribution in [1.82, 2.24) is 0 Å². The molecule has 68 valence electrons. The van der Waals surface area contributed by atoms with Crippen molar-refractivity contribution >= 4 is 21.6 Å². The molecule has 0 radical (unpaired) electrons. The summed E-state index contributed by atoms with van der Waals surface area (Å²) >= 11 is 3.41. The summed E-state index contributed by atoms with van der Waals surface area (Å²) in [4.78, 5) is 0. The van der Waals surface area contributed by atoms with E-state index in [1.165, 1.54) is 0 Å². The summed E-state index contributed by atoms with van der Waals surface area (Å²) in [5.41, 5.74) is 2.55. The Hall–Kier alpha value is -1.03. The average Bonchev–Trinajstić information content (AvgIpc) is 2.48. The van der Waals surface area contributed by atoms with Gasteiger partial charge in [-0.2, -0.15) is 0 Å². The van der Waals surface area contributed by atoms with Gasteiger partial charge < -0.3 is 9.94 Å². The fraction of sp³-hybridized carbons (Fsp3) is 0.222. The molecule has 2 rings (SSSR count). The highest BCUT2D eigenvalue weighted by molar-refractivity contribution is 9.10. The van der Waals surface area contributed by atoms with E-state index in [4.69, 9.17) is 9.94 Å². The molecular formula is C9H8BrNO2. The first-order valence-electron chi connectivity index (χ1n) is 3.86. The second-order valence-electron chi connectivity index (χ2n) is 2.93. The van der Waals surface area contributed by atoms with Crippen LogP contribution in [0.3, 0.4) is 0 Å². The third-order valence-electron chi connectivity index (χ3n) is 2.06. The fourth-order valence-electron chi connectivity index (χ4n) is 1.31. The summed E-state index contributed by atoms with van der Waals surface area (Å²) in [7, 11) is 0. The Bertz CT molecular complexity index is 387. The van der Waals surface area contributed by atoms with Crippen LogP contribution in [0.15, 0.2) is 21.8 Å². The zero-order valence-electron chi connectivity index (χ0n) is 7.04. The molecule has 1 N–H and O–H groups in total. The largest absolute Gasteiger partial charge is 0.486 e. The normalized spacial score (nSPS) is 17.2. The molecule has 1 aromatic rings. The molecule has 0 saturated carbocycles. The minimum atomic E-state index is 0.349. The third kappa shape index (κ3) is 1.31. The summed E-state index contributed by atoms with van der Waals surface area (Å²) in [6, 6.07) is 3.84. The van der Waals surface area contributed by atoms with Gasteiger partial charge in [-0.05, 0) is 24.6 Å². The topological polar surface area (TPSA) is 41.8 Å². The summed E-state index contributed by atoms with van der Waals surface area (Å²) in [5, 5.41) is 11.8. The summed E-state index contributed by atoms with van der Waals surface area (Å²) < 4.78 is 6.32. The molecule has 0 amide bonds. The van der Waals surface area contributed by atoms with Crippen molar-refractivity contribution in [1.29, 1.82) is 0 Å². The second kappa shape index (κ2) is 3.03. The van der Waals surface area contributed by atoms with Crippen molar-refractivity contribution in [3.63, 3.8) is 0 Å². The first-order valence-corrected chi connectivity index (χ1v) is 4.66. The zero-order valence-corrected chi connectivity index (χ0v) is 8.63. The quantitative estimate of drug-likeness (QED) is 0.560. The Morgan fingerprint density at radius 1 is 1.54 bits per heavy atom. The van der Waals surface area contributed by atoms with Gasteiger partial charge in [0.15, 0.2) is 0 Å². The second-order valence-corrected chi connectivity index (χ2v) is 3.79. The van der Waals surface area contributed by atoms with Gasteiger partial charge in [-0.15, -0.1) is 0 Å². The molecule has 0 saturated heterocycles. The number of fused-ring (bicyclic) bond motifs is 1. The number of oxime groups is 1. The van der Waals surface area contributed by atoms with Gasteiger partial charge in [-0.25, -0.2) is 0 Å². The number of halogens is 1. The van der Waals surface area contributed by atoms with Crippen molar-refractivity contribution in [3.8, 4) is 5.75 Å². The van der Waals surface area contributed by atoms with Crippen molar-refractivity contribution in [2.45, 2.75) is 6.92 Å². The molecule has 0 bridgehead atoms. The van der Waals surface area contributed by atoms with E-state index >= 15 is 0 Å². The molecule has 0 atom stereocenters. The predicted molar refractivity (Wildman–Crippen MR) is 52.7 cm³/mol. The number of benzene rings is 1. The summed E-state index contributed by atoms with van der Waals surface area (Å²) in [6.45, 7) is 2.34. The van der Waals surface area contributed by atoms with Crippen molar-refractivity contribution in [2.24, 2.45) is 5.16 Å².